The number of nitrogens with one attached hydrogen (secondary N) is 1. The van der Waals surface area contributed by atoms with Crippen molar-refractivity contribution in [1.29, 1.82) is 0 Å². The largest absolute Gasteiger partial charge is 0.380 e. The van der Waals surface area contributed by atoms with Gasteiger partial charge in [-0.25, -0.2) is 4.98 Å². The number of aryl methyl sites for hydroxylation is 2. The van der Waals surface area contributed by atoms with Crippen molar-refractivity contribution < 1.29 is 0 Å². The molecule has 0 aliphatic carbocycles. The van der Waals surface area contributed by atoms with E-state index >= 15 is 0 Å². The zero-order chi connectivity index (χ0) is 13.2. The summed E-state index contributed by atoms with van der Waals surface area (Å²) in [6.07, 6.45) is 1.84. The van der Waals surface area contributed by atoms with Crippen LogP contribution in [0.5, 0.6) is 0 Å². The lowest BCUT2D eigenvalue weighted by molar-refractivity contribution is 1.12. The van der Waals surface area contributed by atoms with Crippen LogP contribution in [0.2, 0.25) is 0 Å². The molecule has 0 atom stereocenters. The summed E-state index contributed by atoms with van der Waals surface area (Å²) in [5.41, 5.74) is 6.39. The molecule has 0 amide bonds. The number of benzene rings is 1. The smallest absolute Gasteiger partial charge is 0.0798 e. The fourth-order valence-electron chi connectivity index (χ4n) is 2.14. The van der Waals surface area contributed by atoms with Gasteiger partial charge in [0.1, 0.15) is 0 Å². The molecule has 0 aliphatic rings. The van der Waals surface area contributed by atoms with E-state index in [1.165, 1.54) is 15.8 Å². The Bertz CT molecular complexity index is 718. The number of thiazole rings is 1. The number of anilines is 1. The Hall–Kier alpha value is -1.94. The Morgan fingerprint density at radius 3 is 2.84 bits per heavy atom. The van der Waals surface area contributed by atoms with Crippen LogP contribution >= 0.6 is 11.3 Å². The highest BCUT2D eigenvalue weighted by Crippen LogP contribution is 2.25. The zero-order valence-electron chi connectivity index (χ0n) is 11.0. The van der Waals surface area contributed by atoms with Crippen LogP contribution in [0.1, 0.15) is 16.1 Å². The monoisotopic (exact) mass is 269 g/mol. The van der Waals surface area contributed by atoms with E-state index < -0.39 is 0 Å². The topological polar surface area (TPSA) is 37.8 Å². The predicted molar refractivity (Wildman–Crippen MR) is 80.7 cm³/mol. The molecule has 3 rings (SSSR count). The average molecular weight is 269 g/mol. The summed E-state index contributed by atoms with van der Waals surface area (Å²) in [6.45, 7) is 4.94. The van der Waals surface area contributed by atoms with Crippen LogP contribution in [-0.4, -0.2) is 9.97 Å². The lowest BCUT2D eigenvalue weighted by Crippen LogP contribution is -2.00. The first-order chi connectivity index (χ1) is 9.25. The van der Waals surface area contributed by atoms with Gasteiger partial charge in [-0.05, 0) is 37.6 Å². The van der Waals surface area contributed by atoms with Crippen LogP contribution in [0.4, 0.5) is 5.69 Å². The third kappa shape index (κ3) is 2.31. The van der Waals surface area contributed by atoms with E-state index in [0.29, 0.717) is 0 Å². The molecule has 0 saturated carbocycles. The maximum atomic E-state index is 4.45. The zero-order valence-corrected chi connectivity index (χ0v) is 11.8. The van der Waals surface area contributed by atoms with Gasteiger partial charge in [-0.15, -0.1) is 11.3 Å². The molecule has 1 aromatic carbocycles. The van der Waals surface area contributed by atoms with Crippen LogP contribution in [0, 0.1) is 13.8 Å². The Labute approximate surface area is 116 Å². The van der Waals surface area contributed by atoms with Crippen molar-refractivity contribution in [3.05, 3.63) is 52.1 Å². The molecule has 0 spiro atoms. The van der Waals surface area contributed by atoms with Crippen molar-refractivity contribution >= 4 is 27.9 Å². The highest BCUT2D eigenvalue weighted by atomic mass is 32.1. The van der Waals surface area contributed by atoms with Crippen molar-refractivity contribution in [1.82, 2.24) is 9.97 Å². The van der Waals surface area contributed by atoms with Gasteiger partial charge < -0.3 is 5.32 Å². The van der Waals surface area contributed by atoms with Crippen molar-refractivity contribution in [2.24, 2.45) is 0 Å². The highest BCUT2D eigenvalue weighted by Gasteiger charge is 2.05. The molecule has 2 heterocycles. The second-order valence-corrected chi connectivity index (χ2v) is 5.48. The Morgan fingerprint density at radius 1 is 1.16 bits per heavy atom. The molecule has 0 saturated heterocycles. The number of aromatic nitrogens is 2. The first-order valence-electron chi connectivity index (χ1n) is 6.23. The Morgan fingerprint density at radius 2 is 2.05 bits per heavy atom. The van der Waals surface area contributed by atoms with E-state index in [1.54, 1.807) is 11.3 Å². The molecule has 96 valence electrons. The molecule has 0 radical (unpaired) electrons. The second kappa shape index (κ2) is 4.97. The van der Waals surface area contributed by atoms with E-state index in [9.17, 15) is 0 Å². The maximum absolute atomic E-state index is 4.45. The van der Waals surface area contributed by atoms with E-state index in [1.807, 2.05) is 24.7 Å². The molecule has 0 unspecified atom stereocenters. The van der Waals surface area contributed by atoms with Gasteiger partial charge in [0.2, 0.25) is 0 Å². The van der Waals surface area contributed by atoms with Gasteiger partial charge in [0.25, 0.3) is 0 Å². The van der Waals surface area contributed by atoms with E-state index in [2.05, 4.69) is 40.4 Å². The second-order valence-electron chi connectivity index (χ2n) is 4.54. The van der Waals surface area contributed by atoms with Crippen molar-refractivity contribution in [3.8, 4) is 0 Å². The molecule has 0 fully saturated rings. The van der Waals surface area contributed by atoms with Gasteiger partial charge in [0, 0.05) is 22.1 Å². The van der Waals surface area contributed by atoms with Crippen LogP contribution in [0.15, 0.2) is 36.0 Å². The minimum Gasteiger partial charge on any atom is -0.380 e. The minimum absolute atomic E-state index is 0.809. The molecule has 0 bridgehead atoms. The first-order valence-corrected chi connectivity index (χ1v) is 7.11. The molecule has 3 aromatic rings. The van der Waals surface area contributed by atoms with Crippen LogP contribution in [-0.2, 0) is 6.54 Å². The average Bonchev–Trinajstić information content (AvgIpc) is 2.84. The number of hydrogen-bond donors (Lipinski definition) is 1. The fourth-order valence-corrected chi connectivity index (χ4v) is 2.86. The van der Waals surface area contributed by atoms with Crippen LogP contribution in [0.3, 0.4) is 0 Å². The molecular weight excluding hydrogens is 254 g/mol. The van der Waals surface area contributed by atoms with E-state index in [-0.39, 0.29) is 0 Å². The van der Waals surface area contributed by atoms with Gasteiger partial charge in [0.15, 0.2) is 0 Å². The fraction of sp³-hybridized carbons (Fsp3) is 0.200. The lowest BCUT2D eigenvalue weighted by Gasteiger charge is -2.10. The summed E-state index contributed by atoms with van der Waals surface area (Å²) in [7, 11) is 0. The van der Waals surface area contributed by atoms with E-state index in [4.69, 9.17) is 0 Å². The first kappa shape index (κ1) is 12.1. The normalized spacial score (nSPS) is 10.8. The van der Waals surface area contributed by atoms with Gasteiger partial charge in [-0.3, -0.25) is 4.98 Å². The molecule has 0 aliphatic heterocycles. The molecule has 19 heavy (non-hydrogen) atoms. The SMILES string of the molecule is Cc1ncsc1CNc1ccc(C)c2ncccc12. The molecule has 1 N–H and O–H groups in total. The molecule has 3 nitrogen and oxygen atoms in total. The van der Waals surface area contributed by atoms with E-state index in [0.717, 1.165) is 23.4 Å². The lowest BCUT2D eigenvalue weighted by atomic mass is 10.1. The number of pyridine rings is 1. The third-order valence-electron chi connectivity index (χ3n) is 3.26. The van der Waals surface area contributed by atoms with Crippen molar-refractivity contribution in [2.75, 3.05) is 5.32 Å². The molecular formula is C15H15N3S. The third-order valence-corrected chi connectivity index (χ3v) is 4.19. The molecule has 4 heteroatoms. The summed E-state index contributed by atoms with van der Waals surface area (Å²) in [5.74, 6) is 0. The van der Waals surface area contributed by atoms with Gasteiger partial charge >= 0.3 is 0 Å². The van der Waals surface area contributed by atoms with Crippen LogP contribution < -0.4 is 5.32 Å². The molecule has 2 aromatic heterocycles. The van der Waals surface area contributed by atoms with Gasteiger partial charge in [0.05, 0.1) is 23.3 Å². The number of hydrogen-bond acceptors (Lipinski definition) is 4. The predicted octanol–water partition coefficient (Wildman–Crippen LogP) is 3.92. The minimum atomic E-state index is 0.809. The standard InChI is InChI=1S/C15H15N3S/c1-10-5-6-13(12-4-3-7-16-15(10)12)17-8-14-11(2)18-9-19-14/h3-7,9,17H,8H2,1-2H3. The van der Waals surface area contributed by atoms with Crippen LogP contribution in [0.25, 0.3) is 10.9 Å². The Balaban J connectivity index is 1.93. The maximum Gasteiger partial charge on any atom is 0.0798 e. The summed E-state index contributed by atoms with van der Waals surface area (Å²) >= 11 is 1.69. The number of fused-ring (bicyclic) bond motifs is 1. The summed E-state index contributed by atoms with van der Waals surface area (Å²) in [4.78, 5) is 10.0. The summed E-state index contributed by atoms with van der Waals surface area (Å²) < 4.78 is 0. The quantitative estimate of drug-likeness (QED) is 0.783. The van der Waals surface area contributed by atoms with Gasteiger partial charge in [-0.2, -0.15) is 0 Å². The highest BCUT2D eigenvalue weighted by molar-refractivity contribution is 7.09. The summed E-state index contributed by atoms with van der Waals surface area (Å²) in [6, 6.07) is 8.31. The summed E-state index contributed by atoms with van der Waals surface area (Å²) in [5, 5.41) is 4.66. The van der Waals surface area contributed by atoms with Gasteiger partial charge in [-0.1, -0.05) is 6.07 Å². The number of nitrogens with zero attached hydrogens (tertiary/aromatic N) is 2. The van der Waals surface area contributed by atoms with Crippen molar-refractivity contribution in [3.63, 3.8) is 0 Å². The van der Waals surface area contributed by atoms with Crippen molar-refractivity contribution in [2.45, 2.75) is 20.4 Å². The Kier molecular flexibility index (Phi) is 3.17. The number of rotatable bonds is 3.